The second-order valence-corrected chi connectivity index (χ2v) is 4.71. The Morgan fingerprint density at radius 3 is 2.90 bits per heavy atom. The molecule has 0 saturated heterocycles. The molecule has 0 aliphatic heterocycles. The number of aromatic hydroxyl groups is 1. The summed E-state index contributed by atoms with van der Waals surface area (Å²) in [4.78, 5) is 11.8. The lowest BCUT2D eigenvalue weighted by molar-refractivity contribution is -0.116. The molecule has 1 aromatic carbocycles. The van der Waals surface area contributed by atoms with Crippen molar-refractivity contribution < 1.29 is 9.90 Å². The van der Waals surface area contributed by atoms with Crippen LogP contribution in [0.25, 0.3) is 0 Å². The van der Waals surface area contributed by atoms with Crippen LogP contribution < -0.4 is 5.32 Å². The highest BCUT2D eigenvalue weighted by atomic mass is 16.3. The zero-order chi connectivity index (χ0) is 14.4. The van der Waals surface area contributed by atoms with E-state index in [4.69, 9.17) is 0 Å². The largest absolute Gasteiger partial charge is 0.508 e. The standard InChI is InChI=1S/C15H19N3O2/c1-2-5-12-10-14(18-17-12)16-15(20)9-8-11-6-3-4-7-13(11)19/h3-4,6-7,10,19H,2,5,8-9H2,1H3,(H2,16,17,18,20). The van der Waals surface area contributed by atoms with Crippen LogP contribution in [0.15, 0.2) is 30.3 Å². The first kappa shape index (κ1) is 14.1. The van der Waals surface area contributed by atoms with Gasteiger partial charge < -0.3 is 10.4 Å². The maximum absolute atomic E-state index is 11.8. The number of phenolic OH excluding ortho intramolecular Hbond substituents is 1. The number of para-hydroxylation sites is 1. The normalized spacial score (nSPS) is 10.4. The summed E-state index contributed by atoms with van der Waals surface area (Å²) in [5, 5.41) is 19.3. The molecule has 20 heavy (non-hydrogen) atoms. The Bertz CT molecular complexity index is 578. The van der Waals surface area contributed by atoms with Crippen molar-refractivity contribution >= 4 is 11.7 Å². The smallest absolute Gasteiger partial charge is 0.225 e. The molecule has 106 valence electrons. The number of carbonyl (C=O) groups excluding carboxylic acids is 1. The summed E-state index contributed by atoms with van der Waals surface area (Å²) in [6.45, 7) is 2.09. The Morgan fingerprint density at radius 2 is 2.15 bits per heavy atom. The van der Waals surface area contributed by atoms with Crippen molar-refractivity contribution in [3.05, 3.63) is 41.6 Å². The molecule has 0 unspecified atom stereocenters. The number of rotatable bonds is 6. The van der Waals surface area contributed by atoms with Crippen LogP contribution in [-0.4, -0.2) is 21.2 Å². The van der Waals surface area contributed by atoms with Gasteiger partial charge in [-0.3, -0.25) is 9.89 Å². The Hall–Kier alpha value is -2.30. The zero-order valence-corrected chi connectivity index (χ0v) is 11.5. The van der Waals surface area contributed by atoms with Crippen LogP contribution in [0, 0.1) is 0 Å². The molecule has 0 bridgehead atoms. The Morgan fingerprint density at radius 1 is 1.35 bits per heavy atom. The fourth-order valence-corrected chi connectivity index (χ4v) is 2.00. The fourth-order valence-electron chi connectivity index (χ4n) is 2.00. The van der Waals surface area contributed by atoms with Gasteiger partial charge in [0.1, 0.15) is 5.75 Å². The van der Waals surface area contributed by atoms with Gasteiger partial charge in [-0.1, -0.05) is 31.5 Å². The maximum Gasteiger partial charge on any atom is 0.225 e. The average molecular weight is 273 g/mol. The monoisotopic (exact) mass is 273 g/mol. The van der Waals surface area contributed by atoms with E-state index in [2.05, 4.69) is 22.4 Å². The third-order valence-corrected chi connectivity index (χ3v) is 3.03. The summed E-state index contributed by atoms with van der Waals surface area (Å²) in [6, 6.07) is 8.89. The number of amides is 1. The molecule has 2 aromatic rings. The third kappa shape index (κ3) is 3.85. The highest BCUT2D eigenvalue weighted by Crippen LogP contribution is 2.17. The van der Waals surface area contributed by atoms with Crippen LogP contribution in [0.2, 0.25) is 0 Å². The van der Waals surface area contributed by atoms with Gasteiger partial charge in [-0.15, -0.1) is 0 Å². The number of aromatic nitrogens is 2. The number of hydrogen-bond donors (Lipinski definition) is 3. The van der Waals surface area contributed by atoms with Gasteiger partial charge in [-0.05, 0) is 24.5 Å². The number of phenols is 1. The van der Waals surface area contributed by atoms with Gasteiger partial charge in [-0.2, -0.15) is 5.10 Å². The topological polar surface area (TPSA) is 78.0 Å². The third-order valence-electron chi connectivity index (χ3n) is 3.03. The average Bonchev–Trinajstić information content (AvgIpc) is 2.85. The summed E-state index contributed by atoms with van der Waals surface area (Å²) >= 11 is 0. The molecule has 3 N–H and O–H groups in total. The Labute approximate surface area is 118 Å². The summed E-state index contributed by atoms with van der Waals surface area (Å²) in [7, 11) is 0. The summed E-state index contributed by atoms with van der Waals surface area (Å²) in [5.74, 6) is 0.670. The van der Waals surface area contributed by atoms with Crippen LogP contribution in [0.3, 0.4) is 0 Å². The van der Waals surface area contributed by atoms with E-state index in [1.807, 2.05) is 18.2 Å². The molecule has 0 fully saturated rings. The number of H-pyrrole nitrogens is 1. The first-order valence-electron chi connectivity index (χ1n) is 6.80. The van der Waals surface area contributed by atoms with Crippen molar-refractivity contribution in [1.82, 2.24) is 10.2 Å². The Balaban J connectivity index is 1.84. The lowest BCUT2D eigenvalue weighted by Crippen LogP contribution is -2.12. The van der Waals surface area contributed by atoms with E-state index in [9.17, 15) is 9.90 Å². The molecule has 0 spiro atoms. The molecule has 1 amide bonds. The van der Waals surface area contributed by atoms with E-state index >= 15 is 0 Å². The van der Waals surface area contributed by atoms with Crippen molar-refractivity contribution in [3.8, 4) is 5.75 Å². The van der Waals surface area contributed by atoms with Crippen LogP contribution in [0.5, 0.6) is 5.75 Å². The number of carbonyl (C=O) groups is 1. The van der Waals surface area contributed by atoms with Crippen molar-refractivity contribution in [2.45, 2.75) is 32.6 Å². The van der Waals surface area contributed by atoms with Gasteiger partial charge in [0, 0.05) is 18.2 Å². The van der Waals surface area contributed by atoms with Gasteiger partial charge in [0.15, 0.2) is 5.82 Å². The first-order valence-corrected chi connectivity index (χ1v) is 6.80. The number of aromatic amines is 1. The number of hydrogen-bond acceptors (Lipinski definition) is 3. The molecule has 0 aliphatic carbocycles. The minimum atomic E-state index is -0.109. The molecule has 0 saturated carbocycles. The molecule has 1 aromatic heterocycles. The predicted molar refractivity (Wildman–Crippen MR) is 77.6 cm³/mol. The highest BCUT2D eigenvalue weighted by molar-refractivity contribution is 5.89. The second kappa shape index (κ2) is 6.75. The van der Waals surface area contributed by atoms with Gasteiger partial charge in [0.05, 0.1) is 0 Å². The van der Waals surface area contributed by atoms with Crippen molar-refractivity contribution in [2.75, 3.05) is 5.32 Å². The van der Waals surface area contributed by atoms with Crippen LogP contribution in [0.4, 0.5) is 5.82 Å². The quantitative estimate of drug-likeness (QED) is 0.757. The van der Waals surface area contributed by atoms with Crippen LogP contribution in [0.1, 0.15) is 31.0 Å². The summed E-state index contributed by atoms with van der Waals surface area (Å²) < 4.78 is 0. The Kier molecular flexibility index (Phi) is 4.76. The van der Waals surface area contributed by atoms with Crippen molar-refractivity contribution in [2.24, 2.45) is 0 Å². The van der Waals surface area contributed by atoms with Crippen LogP contribution in [-0.2, 0) is 17.6 Å². The van der Waals surface area contributed by atoms with Crippen molar-refractivity contribution in [1.29, 1.82) is 0 Å². The predicted octanol–water partition coefficient (Wildman–Crippen LogP) is 2.64. The molecule has 0 aliphatic rings. The zero-order valence-electron chi connectivity index (χ0n) is 11.5. The molecule has 0 radical (unpaired) electrons. The maximum atomic E-state index is 11.8. The fraction of sp³-hybridized carbons (Fsp3) is 0.333. The molecule has 0 atom stereocenters. The van der Waals surface area contributed by atoms with E-state index in [1.54, 1.807) is 12.1 Å². The van der Waals surface area contributed by atoms with E-state index < -0.39 is 0 Å². The second-order valence-electron chi connectivity index (χ2n) is 4.71. The molecule has 5 heteroatoms. The van der Waals surface area contributed by atoms with E-state index in [0.29, 0.717) is 18.7 Å². The molecular formula is C15H19N3O2. The number of anilines is 1. The molecule has 1 heterocycles. The van der Waals surface area contributed by atoms with Crippen molar-refractivity contribution in [3.63, 3.8) is 0 Å². The number of benzene rings is 1. The molecular weight excluding hydrogens is 254 g/mol. The van der Waals surface area contributed by atoms with Gasteiger partial charge in [0.25, 0.3) is 0 Å². The van der Waals surface area contributed by atoms with E-state index in [-0.39, 0.29) is 11.7 Å². The van der Waals surface area contributed by atoms with Gasteiger partial charge >= 0.3 is 0 Å². The number of nitrogens with one attached hydrogen (secondary N) is 2. The number of aryl methyl sites for hydroxylation is 2. The van der Waals surface area contributed by atoms with Gasteiger partial charge in [0.2, 0.25) is 5.91 Å². The lowest BCUT2D eigenvalue weighted by atomic mass is 10.1. The summed E-state index contributed by atoms with van der Waals surface area (Å²) in [5.41, 5.74) is 1.79. The SMILES string of the molecule is CCCc1cc(NC(=O)CCc2ccccc2O)n[nH]1. The number of nitrogens with zero attached hydrogens (tertiary/aromatic N) is 1. The minimum absolute atomic E-state index is 0.109. The van der Waals surface area contributed by atoms with E-state index in [0.717, 1.165) is 24.1 Å². The van der Waals surface area contributed by atoms with Gasteiger partial charge in [-0.25, -0.2) is 0 Å². The molecule has 5 nitrogen and oxygen atoms in total. The van der Waals surface area contributed by atoms with E-state index in [1.165, 1.54) is 0 Å². The van der Waals surface area contributed by atoms with Crippen LogP contribution >= 0.6 is 0 Å². The minimum Gasteiger partial charge on any atom is -0.508 e. The lowest BCUT2D eigenvalue weighted by Gasteiger charge is -2.04. The highest BCUT2D eigenvalue weighted by Gasteiger charge is 2.07. The first-order chi connectivity index (χ1) is 9.69. The molecule has 2 rings (SSSR count). The summed E-state index contributed by atoms with van der Waals surface area (Å²) in [6.07, 6.45) is 2.77.